The molecule has 1 unspecified atom stereocenters. The number of rotatable bonds is 8. The second kappa shape index (κ2) is 8.95. The summed E-state index contributed by atoms with van der Waals surface area (Å²) >= 11 is 0. The van der Waals surface area contributed by atoms with Gasteiger partial charge in [-0.3, -0.25) is 0 Å². The second-order valence-electron chi connectivity index (χ2n) is 9.73. The van der Waals surface area contributed by atoms with Crippen molar-refractivity contribution in [3.8, 4) is 5.75 Å². The molecule has 178 valence electrons. The highest BCUT2D eigenvalue weighted by molar-refractivity contribution is 5.87. The van der Waals surface area contributed by atoms with Gasteiger partial charge in [-0.1, -0.05) is 34.1 Å². The molecule has 6 atom stereocenters. The number of hydrogen-bond donors (Lipinski definition) is 4. The zero-order valence-electron chi connectivity index (χ0n) is 19.4. The van der Waals surface area contributed by atoms with Crippen LogP contribution in [0.25, 0.3) is 11.0 Å². The van der Waals surface area contributed by atoms with E-state index in [0.717, 1.165) is 29.4 Å². The van der Waals surface area contributed by atoms with Crippen LogP contribution in [0.5, 0.6) is 5.75 Å². The zero-order chi connectivity index (χ0) is 23.2. The van der Waals surface area contributed by atoms with Gasteiger partial charge in [0.25, 0.3) is 0 Å². The molecule has 7 heteroatoms. The monoisotopic (exact) mass is 448 g/mol. The van der Waals surface area contributed by atoms with E-state index in [4.69, 9.17) is 13.9 Å². The summed E-state index contributed by atoms with van der Waals surface area (Å²) in [7, 11) is 0. The molecule has 7 nitrogen and oxygen atoms in total. The minimum atomic E-state index is -1.19. The highest BCUT2D eigenvalue weighted by Gasteiger charge is 2.68. The van der Waals surface area contributed by atoms with Crippen molar-refractivity contribution < 1.29 is 34.3 Å². The molecule has 1 aromatic heterocycles. The lowest BCUT2D eigenvalue weighted by atomic mass is 9.80. The van der Waals surface area contributed by atoms with Crippen LogP contribution in [-0.2, 0) is 22.5 Å². The molecular formula is C25H36O7. The van der Waals surface area contributed by atoms with E-state index in [1.807, 2.05) is 13.0 Å². The maximum atomic E-state index is 10.9. The van der Waals surface area contributed by atoms with Gasteiger partial charge in [-0.15, -0.1) is 0 Å². The first-order valence-electron chi connectivity index (χ1n) is 11.8. The molecule has 2 fully saturated rings. The SMILES string of the molecule is CCC[C@@H](c1coc2c(CO)c(O)c(CC(C)C)cc12)[C@H]1C[C@@H](O)[C@@]2(O[C@H]2CC)C(O)O1. The number of ether oxygens (including phenoxy) is 2. The van der Waals surface area contributed by atoms with Crippen LogP contribution >= 0.6 is 0 Å². The van der Waals surface area contributed by atoms with Crippen molar-refractivity contribution in [1.29, 1.82) is 0 Å². The molecule has 1 aromatic carbocycles. The van der Waals surface area contributed by atoms with Crippen molar-refractivity contribution in [3.05, 3.63) is 29.0 Å². The predicted octanol–water partition coefficient (Wildman–Crippen LogP) is 3.73. The Morgan fingerprint density at radius 2 is 1.97 bits per heavy atom. The van der Waals surface area contributed by atoms with Gasteiger partial charge in [0.2, 0.25) is 0 Å². The van der Waals surface area contributed by atoms with Crippen LogP contribution in [0.4, 0.5) is 0 Å². The molecule has 2 aliphatic rings. The number of aliphatic hydroxyl groups is 3. The lowest BCUT2D eigenvalue weighted by Crippen LogP contribution is -2.53. The smallest absolute Gasteiger partial charge is 0.189 e. The zero-order valence-corrected chi connectivity index (χ0v) is 19.4. The van der Waals surface area contributed by atoms with Crippen LogP contribution in [-0.4, -0.2) is 50.6 Å². The lowest BCUT2D eigenvalue weighted by molar-refractivity contribution is -0.236. The highest BCUT2D eigenvalue weighted by atomic mass is 16.7. The average Bonchev–Trinajstić information content (AvgIpc) is 3.36. The van der Waals surface area contributed by atoms with E-state index in [-0.39, 0.29) is 24.4 Å². The van der Waals surface area contributed by atoms with Crippen LogP contribution in [0.2, 0.25) is 0 Å². The number of hydrogen-bond acceptors (Lipinski definition) is 7. The third kappa shape index (κ3) is 3.74. The van der Waals surface area contributed by atoms with E-state index in [2.05, 4.69) is 20.8 Å². The standard InChI is InChI=1S/C25H36O7/c1-5-7-15(19-10-20(27)25(24(29)31-19)21(6-2)32-25)18-12-30-23-16(18)9-14(8-13(3)4)22(28)17(23)11-26/h9,12-13,15,19-21,24,26-29H,5-8,10-11H2,1-4H3/t15-,19+,20+,21-,24?,25-/m0/s1. The summed E-state index contributed by atoms with van der Waals surface area (Å²) in [6.45, 7) is 7.88. The van der Waals surface area contributed by atoms with E-state index in [0.29, 0.717) is 36.3 Å². The topological polar surface area (TPSA) is 116 Å². The largest absolute Gasteiger partial charge is 0.507 e. The molecule has 4 N–H and O–H groups in total. The summed E-state index contributed by atoms with van der Waals surface area (Å²) in [5, 5.41) is 43.1. The van der Waals surface area contributed by atoms with Gasteiger partial charge in [0.15, 0.2) is 11.9 Å². The summed E-state index contributed by atoms with van der Waals surface area (Å²) < 4.78 is 17.6. The van der Waals surface area contributed by atoms with Crippen molar-refractivity contribution in [2.45, 2.75) is 103 Å². The molecule has 0 bridgehead atoms. The van der Waals surface area contributed by atoms with Gasteiger partial charge in [0.1, 0.15) is 11.3 Å². The Labute approximate surface area is 189 Å². The van der Waals surface area contributed by atoms with Crippen molar-refractivity contribution in [1.82, 2.24) is 0 Å². The maximum Gasteiger partial charge on any atom is 0.189 e. The molecule has 2 saturated heterocycles. The molecule has 4 rings (SSSR count). The van der Waals surface area contributed by atoms with Gasteiger partial charge < -0.3 is 34.3 Å². The number of furan rings is 1. The third-order valence-electron chi connectivity index (χ3n) is 7.11. The fourth-order valence-corrected chi connectivity index (χ4v) is 5.47. The number of aromatic hydroxyl groups is 1. The quantitative estimate of drug-likeness (QED) is 0.455. The van der Waals surface area contributed by atoms with Gasteiger partial charge in [-0.05, 0) is 36.8 Å². The van der Waals surface area contributed by atoms with E-state index in [1.165, 1.54) is 0 Å². The summed E-state index contributed by atoms with van der Waals surface area (Å²) in [6, 6.07) is 1.94. The first-order chi connectivity index (χ1) is 15.3. The Balaban J connectivity index is 1.72. The molecule has 0 amide bonds. The van der Waals surface area contributed by atoms with Crippen molar-refractivity contribution in [2.24, 2.45) is 5.92 Å². The normalized spacial score (nSPS) is 31.0. The highest BCUT2D eigenvalue weighted by Crippen LogP contribution is 2.51. The minimum Gasteiger partial charge on any atom is -0.507 e. The predicted molar refractivity (Wildman–Crippen MR) is 119 cm³/mol. The first kappa shape index (κ1) is 23.5. The summed E-state index contributed by atoms with van der Waals surface area (Å²) in [5.74, 6) is 0.296. The second-order valence-corrected chi connectivity index (χ2v) is 9.73. The van der Waals surface area contributed by atoms with Crippen molar-refractivity contribution in [3.63, 3.8) is 0 Å². The fraction of sp³-hybridized carbons (Fsp3) is 0.680. The molecule has 2 aliphatic heterocycles. The Morgan fingerprint density at radius 3 is 2.53 bits per heavy atom. The number of benzene rings is 1. The Hall–Kier alpha value is -1.64. The summed E-state index contributed by atoms with van der Waals surface area (Å²) in [6.07, 6.45) is 2.46. The Morgan fingerprint density at radius 1 is 1.22 bits per heavy atom. The fourth-order valence-electron chi connectivity index (χ4n) is 5.47. The molecule has 1 spiro atoms. The number of phenols is 1. The van der Waals surface area contributed by atoms with Crippen LogP contribution in [0.3, 0.4) is 0 Å². The molecule has 32 heavy (non-hydrogen) atoms. The van der Waals surface area contributed by atoms with E-state index in [9.17, 15) is 20.4 Å². The number of fused-ring (bicyclic) bond motifs is 1. The molecule has 2 aromatic rings. The van der Waals surface area contributed by atoms with Gasteiger partial charge in [0.05, 0.1) is 36.7 Å². The van der Waals surface area contributed by atoms with Crippen LogP contribution < -0.4 is 0 Å². The summed E-state index contributed by atoms with van der Waals surface area (Å²) in [4.78, 5) is 0. The molecule has 0 saturated carbocycles. The van der Waals surface area contributed by atoms with Crippen LogP contribution in [0, 0.1) is 5.92 Å². The molecule has 3 heterocycles. The number of epoxide rings is 1. The maximum absolute atomic E-state index is 10.9. The minimum absolute atomic E-state index is 0.0832. The van der Waals surface area contributed by atoms with Gasteiger partial charge >= 0.3 is 0 Å². The lowest BCUT2D eigenvalue weighted by Gasteiger charge is -2.39. The van der Waals surface area contributed by atoms with E-state index >= 15 is 0 Å². The van der Waals surface area contributed by atoms with E-state index < -0.39 is 24.1 Å². The number of aliphatic hydroxyl groups excluding tert-OH is 3. The van der Waals surface area contributed by atoms with Crippen molar-refractivity contribution in [2.75, 3.05) is 0 Å². The third-order valence-corrected chi connectivity index (χ3v) is 7.11. The Bertz CT molecular complexity index is 937. The average molecular weight is 449 g/mol. The molecule has 0 aliphatic carbocycles. The first-order valence-corrected chi connectivity index (χ1v) is 11.8. The Kier molecular flexibility index (Phi) is 6.58. The molecule has 0 radical (unpaired) electrons. The van der Waals surface area contributed by atoms with Crippen LogP contribution in [0.1, 0.15) is 76.0 Å². The molecular weight excluding hydrogens is 412 g/mol. The van der Waals surface area contributed by atoms with Crippen LogP contribution in [0.15, 0.2) is 16.7 Å². The van der Waals surface area contributed by atoms with Crippen molar-refractivity contribution >= 4 is 11.0 Å². The summed E-state index contributed by atoms with van der Waals surface area (Å²) in [5.41, 5.74) is 1.53. The van der Waals surface area contributed by atoms with Gasteiger partial charge in [-0.2, -0.15) is 0 Å². The van der Waals surface area contributed by atoms with Gasteiger partial charge in [-0.25, -0.2) is 0 Å². The van der Waals surface area contributed by atoms with Gasteiger partial charge in [0, 0.05) is 23.3 Å². The van der Waals surface area contributed by atoms with E-state index in [1.54, 1.807) is 6.26 Å².